The Kier molecular flexibility index (Phi) is 3.78. The molecule has 0 aromatic carbocycles. The molecule has 0 spiro atoms. The number of rotatable bonds is 5. The van der Waals surface area contributed by atoms with Crippen molar-refractivity contribution in [2.24, 2.45) is 0 Å². The quantitative estimate of drug-likeness (QED) is 0.642. The van der Waals surface area contributed by atoms with Crippen LogP contribution in [0, 0.1) is 11.8 Å². The summed E-state index contributed by atoms with van der Waals surface area (Å²) in [6.07, 6.45) is 2.62. The summed E-state index contributed by atoms with van der Waals surface area (Å²) in [6, 6.07) is 0.597. The first kappa shape index (κ1) is 10.1. The molecule has 72 valence electrons. The summed E-state index contributed by atoms with van der Waals surface area (Å²) in [5.74, 6) is 5.08. The third-order valence-corrected chi connectivity index (χ3v) is 2.14. The molecule has 0 heterocycles. The minimum Gasteiger partial charge on any atom is -0.481 e. The predicted octanol–water partition coefficient (Wildman–Crippen LogP) is 0.949. The number of aliphatic carboxylic acids is 1. The molecule has 0 radical (unpaired) electrons. The van der Waals surface area contributed by atoms with Crippen LogP contribution in [0.2, 0.25) is 0 Å². The Hall–Kier alpha value is -1.01. The highest BCUT2D eigenvalue weighted by Crippen LogP contribution is 2.26. The predicted molar refractivity (Wildman–Crippen MR) is 50.3 cm³/mol. The van der Waals surface area contributed by atoms with Crippen LogP contribution in [0.1, 0.15) is 26.2 Å². The van der Waals surface area contributed by atoms with Gasteiger partial charge in [-0.2, -0.15) is 0 Å². The van der Waals surface area contributed by atoms with Crippen molar-refractivity contribution in [2.75, 3.05) is 13.1 Å². The van der Waals surface area contributed by atoms with Crippen LogP contribution in [0.25, 0.3) is 0 Å². The van der Waals surface area contributed by atoms with Crippen molar-refractivity contribution in [3.63, 3.8) is 0 Å². The second kappa shape index (κ2) is 4.88. The standard InChI is InChI=1S/C10H15NO2/c1-2-3-7-11(9-4-5-9)8-6-10(12)13/h9H,4-8H2,1H3,(H,12,13). The van der Waals surface area contributed by atoms with E-state index in [1.165, 1.54) is 12.8 Å². The lowest BCUT2D eigenvalue weighted by molar-refractivity contribution is -0.137. The van der Waals surface area contributed by atoms with Gasteiger partial charge in [-0.3, -0.25) is 9.69 Å². The Morgan fingerprint density at radius 2 is 2.31 bits per heavy atom. The van der Waals surface area contributed by atoms with E-state index in [2.05, 4.69) is 16.7 Å². The monoisotopic (exact) mass is 181 g/mol. The van der Waals surface area contributed by atoms with Gasteiger partial charge >= 0.3 is 5.97 Å². The maximum absolute atomic E-state index is 10.4. The summed E-state index contributed by atoms with van der Waals surface area (Å²) in [7, 11) is 0. The molecule has 0 bridgehead atoms. The largest absolute Gasteiger partial charge is 0.481 e. The van der Waals surface area contributed by atoms with Crippen LogP contribution in [0.5, 0.6) is 0 Å². The maximum Gasteiger partial charge on any atom is 0.304 e. The number of hydrogen-bond acceptors (Lipinski definition) is 2. The van der Waals surface area contributed by atoms with Gasteiger partial charge in [0.25, 0.3) is 0 Å². The summed E-state index contributed by atoms with van der Waals surface area (Å²) in [4.78, 5) is 12.5. The Bertz CT molecular complexity index is 235. The highest BCUT2D eigenvalue weighted by molar-refractivity contribution is 5.66. The van der Waals surface area contributed by atoms with E-state index in [1.54, 1.807) is 0 Å². The molecule has 3 heteroatoms. The van der Waals surface area contributed by atoms with Crippen molar-refractivity contribution in [3.05, 3.63) is 0 Å². The molecule has 0 aromatic heterocycles. The second-order valence-corrected chi connectivity index (χ2v) is 3.27. The van der Waals surface area contributed by atoms with Gasteiger partial charge in [0, 0.05) is 12.6 Å². The van der Waals surface area contributed by atoms with Crippen LogP contribution in [0.3, 0.4) is 0 Å². The Labute approximate surface area is 78.7 Å². The molecule has 1 fully saturated rings. The number of carboxylic acid groups (broad SMARTS) is 1. The SMILES string of the molecule is CC#CCN(CCC(=O)O)C1CC1. The lowest BCUT2D eigenvalue weighted by Crippen LogP contribution is -2.29. The molecule has 1 saturated carbocycles. The molecule has 0 aliphatic heterocycles. The molecule has 0 aromatic rings. The molecular weight excluding hydrogens is 166 g/mol. The fourth-order valence-electron chi connectivity index (χ4n) is 1.25. The van der Waals surface area contributed by atoms with Crippen molar-refractivity contribution < 1.29 is 9.90 Å². The Balaban J connectivity index is 2.27. The summed E-state index contributed by atoms with van der Waals surface area (Å²) in [6.45, 7) is 3.16. The van der Waals surface area contributed by atoms with Crippen LogP contribution >= 0.6 is 0 Å². The van der Waals surface area contributed by atoms with Crippen molar-refractivity contribution in [2.45, 2.75) is 32.2 Å². The van der Waals surface area contributed by atoms with Gasteiger partial charge in [0.15, 0.2) is 0 Å². The van der Waals surface area contributed by atoms with Gasteiger partial charge in [0.2, 0.25) is 0 Å². The second-order valence-electron chi connectivity index (χ2n) is 3.27. The first-order valence-corrected chi connectivity index (χ1v) is 4.59. The molecule has 1 N–H and O–H groups in total. The number of carbonyl (C=O) groups is 1. The highest BCUT2D eigenvalue weighted by Gasteiger charge is 2.28. The average molecular weight is 181 g/mol. The minimum atomic E-state index is -0.727. The van der Waals surface area contributed by atoms with Gasteiger partial charge in [-0.1, -0.05) is 5.92 Å². The number of nitrogens with zero attached hydrogens (tertiary/aromatic N) is 1. The maximum atomic E-state index is 10.4. The van der Waals surface area contributed by atoms with Crippen molar-refractivity contribution in [1.82, 2.24) is 4.90 Å². The van der Waals surface area contributed by atoms with Crippen LogP contribution < -0.4 is 0 Å². The molecule has 0 saturated heterocycles. The van der Waals surface area contributed by atoms with Gasteiger partial charge in [-0.25, -0.2) is 0 Å². The first-order valence-electron chi connectivity index (χ1n) is 4.59. The summed E-state index contributed by atoms with van der Waals surface area (Å²) >= 11 is 0. The van der Waals surface area contributed by atoms with Crippen molar-refractivity contribution in [1.29, 1.82) is 0 Å². The van der Waals surface area contributed by atoms with E-state index in [9.17, 15) is 4.79 Å². The first-order chi connectivity index (χ1) is 6.24. The fourth-order valence-corrected chi connectivity index (χ4v) is 1.25. The van der Waals surface area contributed by atoms with Crippen LogP contribution in [0.4, 0.5) is 0 Å². The van der Waals surface area contributed by atoms with Gasteiger partial charge in [-0.15, -0.1) is 5.92 Å². The lowest BCUT2D eigenvalue weighted by atomic mass is 10.3. The van der Waals surface area contributed by atoms with Crippen LogP contribution in [0.15, 0.2) is 0 Å². The van der Waals surface area contributed by atoms with E-state index in [0.29, 0.717) is 19.1 Å². The zero-order chi connectivity index (χ0) is 9.68. The van der Waals surface area contributed by atoms with Crippen LogP contribution in [-0.4, -0.2) is 35.1 Å². The molecule has 1 rings (SSSR count). The zero-order valence-corrected chi connectivity index (χ0v) is 7.92. The molecule has 0 unspecified atom stereocenters. The van der Waals surface area contributed by atoms with Gasteiger partial charge in [-0.05, 0) is 19.8 Å². The van der Waals surface area contributed by atoms with E-state index in [-0.39, 0.29) is 6.42 Å². The Morgan fingerprint density at radius 3 is 2.77 bits per heavy atom. The van der Waals surface area contributed by atoms with E-state index >= 15 is 0 Å². The molecule has 3 nitrogen and oxygen atoms in total. The molecular formula is C10H15NO2. The normalized spacial score (nSPS) is 15.2. The van der Waals surface area contributed by atoms with E-state index in [4.69, 9.17) is 5.11 Å². The number of carboxylic acids is 1. The van der Waals surface area contributed by atoms with Crippen molar-refractivity contribution >= 4 is 5.97 Å². The van der Waals surface area contributed by atoms with Gasteiger partial charge in [0.05, 0.1) is 13.0 Å². The minimum absolute atomic E-state index is 0.224. The molecule has 13 heavy (non-hydrogen) atoms. The lowest BCUT2D eigenvalue weighted by Gasteiger charge is -2.17. The van der Waals surface area contributed by atoms with Crippen molar-refractivity contribution in [3.8, 4) is 11.8 Å². The van der Waals surface area contributed by atoms with Crippen LogP contribution in [-0.2, 0) is 4.79 Å². The van der Waals surface area contributed by atoms with Gasteiger partial charge in [0.1, 0.15) is 0 Å². The number of hydrogen-bond donors (Lipinski definition) is 1. The smallest absolute Gasteiger partial charge is 0.304 e. The fraction of sp³-hybridized carbons (Fsp3) is 0.700. The molecule has 0 atom stereocenters. The molecule has 1 aliphatic carbocycles. The molecule has 1 aliphatic rings. The molecule has 0 amide bonds. The third-order valence-electron chi connectivity index (χ3n) is 2.14. The topological polar surface area (TPSA) is 40.5 Å². The van der Waals surface area contributed by atoms with E-state index in [0.717, 1.165) is 0 Å². The summed E-state index contributed by atoms with van der Waals surface area (Å²) in [5.41, 5.74) is 0. The van der Waals surface area contributed by atoms with E-state index in [1.807, 2.05) is 6.92 Å². The average Bonchev–Trinajstić information content (AvgIpc) is 2.87. The Morgan fingerprint density at radius 1 is 1.62 bits per heavy atom. The highest BCUT2D eigenvalue weighted by atomic mass is 16.4. The zero-order valence-electron chi connectivity index (χ0n) is 7.92. The van der Waals surface area contributed by atoms with E-state index < -0.39 is 5.97 Å². The summed E-state index contributed by atoms with van der Waals surface area (Å²) < 4.78 is 0. The summed E-state index contributed by atoms with van der Waals surface area (Å²) in [5, 5.41) is 8.53. The third kappa shape index (κ3) is 3.95. The van der Waals surface area contributed by atoms with Gasteiger partial charge < -0.3 is 5.11 Å².